The second-order valence-electron chi connectivity index (χ2n) is 5.02. The van der Waals surface area contributed by atoms with Crippen molar-refractivity contribution < 1.29 is 9.90 Å². The summed E-state index contributed by atoms with van der Waals surface area (Å²) in [6.07, 6.45) is 7.62. The van der Waals surface area contributed by atoms with Gasteiger partial charge >= 0.3 is 5.97 Å². The highest BCUT2D eigenvalue weighted by Crippen LogP contribution is 2.26. The first-order valence-corrected chi connectivity index (χ1v) is 8.45. The third-order valence-electron chi connectivity index (χ3n) is 3.29. The molecule has 0 saturated heterocycles. The summed E-state index contributed by atoms with van der Waals surface area (Å²) in [6, 6.07) is 5.19. The minimum absolute atomic E-state index is 0.317. The summed E-state index contributed by atoms with van der Waals surface area (Å²) in [5, 5.41) is 12.4. The highest BCUT2D eigenvalue weighted by atomic mass is 32.2. The minimum atomic E-state index is -0.893. The molecule has 0 aromatic heterocycles. The van der Waals surface area contributed by atoms with Gasteiger partial charge in [0, 0.05) is 17.1 Å². The molecule has 5 heteroatoms. The quantitative estimate of drug-likeness (QED) is 0.418. The van der Waals surface area contributed by atoms with E-state index >= 15 is 0 Å². The number of carboxylic acids is 1. The summed E-state index contributed by atoms with van der Waals surface area (Å²) in [4.78, 5) is 11.9. The predicted molar refractivity (Wildman–Crippen MR) is 90.2 cm³/mol. The van der Waals surface area contributed by atoms with Crippen LogP contribution in [0.5, 0.6) is 0 Å². The molecule has 0 saturated carbocycles. The summed E-state index contributed by atoms with van der Waals surface area (Å²) < 4.78 is 3.00. The highest BCUT2D eigenvalue weighted by Gasteiger charge is 2.08. The van der Waals surface area contributed by atoms with E-state index in [9.17, 15) is 4.79 Å². The smallest absolute Gasteiger partial charge is 0.335 e. The first-order chi connectivity index (χ1) is 10.2. The third-order valence-corrected chi connectivity index (χ3v) is 4.05. The molecule has 0 atom stereocenters. The topological polar surface area (TPSA) is 61.4 Å². The molecular weight excluding hydrogens is 284 g/mol. The lowest BCUT2D eigenvalue weighted by molar-refractivity contribution is 0.0696. The lowest BCUT2D eigenvalue weighted by Crippen LogP contribution is -2.05. The van der Waals surface area contributed by atoms with Crippen molar-refractivity contribution in [1.82, 2.24) is 4.72 Å². The number of carbonyl (C=O) groups is 1. The molecule has 0 aliphatic carbocycles. The van der Waals surface area contributed by atoms with Crippen LogP contribution in [0.4, 0.5) is 5.69 Å². The molecule has 0 bridgehead atoms. The van der Waals surface area contributed by atoms with Gasteiger partial charge in [-0.05, 0) is 43.6 Å². The maximum atomic E-state index is 11.0. The molecule has 0 amide bonds. The molecule has 4 nitrogen and oxygen atoms in total. The standard InChI is InChI=1S/C16H26N2O2S/c1-3-4-5-6-7-8-11-18-14-10-9-13(16(19)20)12-15(14)21-17-2/h9-10,12,17-18H,3-8,11H2,1-2H3,(H,19,20). The van der Waals surface area contributed by atoms with Crippen LogP contribution in [0.15, 0.2) is 23.1 Å². The van der Waals surface area contributed by atoms with Gasteiger partial charge in [-0.3, -0.25) is 4.72 Å². The Morgan fingerprint density at radius 2 is 1.90 bits per heavy atom. The normalized spacial score (nSPS) is 10.6. The number of nitrogens with one attached hydrogen (secondary N) is 2. The number of carboxylic acid groups (broad SMARTS) is 1. The van der Waals surface area contributed by atoms with Gasteiger partial charge in [-0.2, -0.15) is 0 Å². The summed E-state index contributed by atoms with van der Waals surface area (Å²) in [5.41, 5.74) is 1.31. The first-order valence-electron chi connectivity index (χ1n) is 7.63. The van der Waals surface area contributed by atoms with Crippen LogP contribution < -0.4 is 10.0 Å². The number of benzene rings is 1. The van der Waals surface area contributed by atoms with Gasteiger partial charge in [0.25, 0.3) is 0 Å². The van der Waals surface area contributed by atoms with E-state index < -0.39 is 5.97 Å². The van der Waals surface area contributed by atoms with Crippen molar-refractivity contribution >= 4 is 23.6 Å². The molecule has 0 radical (unpaired) electrons. The molecule has 3 N–H and O–H groups in total. The Morgan fingerprint density at radius 3 is 2.57 bits per heavy atom. The summed E-state index contributed by atoms with van der Waals surface area (Å²) >= 11 is 1.43. The molecule has 118 valence electrons. The van der Waals surface area contributed by atoms with Crippen LogP contribution in [0.1, 0.15) is 55.8 Å². The van der Waals surface area contributed by atoms with Gasteiger partial charge in [-0.1, -0.05) is 39.0 Å². The number of hydrogen-bond donors (Lipinski definition) is 3. The van der Waals surface area contributed by atoms with E-state index in [0.717, 1.165) is 23.5 Å². The SMILES string of the molecule is CCCCCCCCNc1ccc(C(=O)O)cc1SNC. The molecule has 0 spiro atoms. The van der Waals surface area contributed by atoms with Crippen LogP contribution in [0.25, 0.3) is 0 Å². The Kier molecular flexibility index (Phi) is 8.94. The van der Waals surface area contributed by atoms with Gasteiger partial charge < -0.3 is 10.4 Å². The van der Waals surface area contributed by atoms with Crippen molar-refractivity contribution in [2.24, 2.45) is 0 Å². The Hall–Kier alpha value is -1.20. The molecule has 1 rings (SSSR count). The van der Waals surface area contributed by atoms with Crippen molar-refractivity contribution in [3.63, 3.8) is 0 Å². The van der Waals surface area contributed by atoms with Crippen LogP contribution >= 0.6 is 11.9 Å². The van der Waals surface area contributed by atoms with Gasteiger partial charge in [0.2, 0.25) is 0 Å². The van der Waals surface area contributed by atoms with Crippen molar-refractivity contribution in [3.8, 4) is 0 Å². The average Bonchev–Trinajstić information content (AvgIpc) is 2.47. The van der Waals surface area contributed by atoms with Crippen molar-refractivity contribution in [2.45, 2.75) is 50.3 Å². The van der Waals surface area contributed by atoms with E-state index in [2.05, 4.69) is 17.0 Å². The lowest BCUT2D eigenvalue weighted by atomic mass is 10.1. The number of aromatic carboxylic acids is 1. The fourth-order valence-corrected chi connectivity index (χ4v) is 2.78. The fourth-order valence-electron chi connectivity index (χ4n) is 2.12. The van der Waals surface area contributed by atoms with Crippen molar-refractivity contribution in [3.05, 3.63) is 23.8 Å². The van der Waals surface area contributed by atoms with E-state index in [1.165, 1.54) is 44.1 Å². The van der Waals surface area contributed by atoms with E-state index in [-0.39, 0.29) is 0 Å². The van der Waals surface area contributed by atoms with E-state index in [0.29, 0.717) is 5.56 Å². The maximum Gasteiger partial charge on any atom is 0.335 e. The Balaban J connectivity index is 2.44. The highest BCUT2D eigenvalue weighted by molar-refractivity contribution is 7.97. The second-order valence-corrected chi connectivity index (χ2v) is 6.07. The van der Waals surface area contributed by atoms with Gasteiger partial charge in [-0.15, -0.1) is 0 Å². The molecular formula is C16H26N2O2S. The Bertz CT molecular complexity index is 438. The molecule has 0 unspecified atom stereocenters. The second kappa shape index (κ2) is 10.5. The molecule has 1 aromatic carbocycles. The largest absolute Gasteiger partial charge is 0.478 e. The van der Waals surface area contributed by atoms with Crippen molar-refractivity contribution in [1.29, 1.82) is 0 Å². The third kappa shape index (κ3) is 6.87. The zero-order valence-corrected chi connectivity index (χ0v) is 13.8. The summed E-state index contributed by atoms with van der Waals surface area (Å²) in [7, 11) is 1.83. The average molecular weight is 310 g/mol. The number of anilines is 1. The molecule has 1 aromatic rings. The molecule has 21 heavy (non-hydrogen) atoms. The minimum Gasteiger partial charge on any atom is -0.478 e. The van der Waals surface area contributed by atoms with Gasteiger partial charge in [0.15, 0.2) is 0 Å². The monoisotopic (exact) mass is 310 g/mol. The van der Waals surface area contributed by atoms with E-state index in [4.69, 9.17) is 5.11 Å². The van der Waals surface area contributed by atoms with Crippen LogP contribution in [-0.2, 0) is 0 Å². The zero-order chi connectivity index (χ0) is 15.5. The summed E-state index contributed by atoms with van der Waals surface area (Å²) in [6.45, 7) is 3.15. The van der Waals surface area contributed by atoms with Crippen LogP contribution in [-0.4, -0.2) is 24.7 Å². The van der Waals surface area contributed by atoms with Gasteiger partial charge in [0.05, 0.1) is 5.56 Å². The zero-order valence-electron chi connectivity index (χ0n) is 12.9. The molecule has 0 aliphatic heterocycles. The number of rotatable bonds is 11. The lowest BCUT2D eigenvalue weighted by Gasteiger charge is -2.12. The predicted octanol–water partition coefficient (Wildman–Crippen LogP) is 4.38. The number of hydrogen-bond acceptors (Lipinski definition) is 4. The fraction of sp³-hybridized carbons (Fsp3) is 0.562. The Labute approximate surface area is 131 Å². The van der Waals surface area contributed by atoms with Crippen LogP contribution in [0.2, 0.25) is 0 Å². The summed E-state index contributed by atoms with van der Waals surface area (Å²) in [5.74, 6) is -0.893. The van der Waals surface area contributed by atoms with E-state index in [1.54, 1.807) is 12.1 Å². The molecule has 0 aliphatic rings. The van der Waals surface area contributed by atoms with Crippen molar-refractivity contribution in [2.75, 3.05) is 18.9 Å². The number of unbranched alkanes of at least 4 members (excludes halogenated alkanes) is 5. The van der Waals surface area contributed by atoms with Crippen LogP contribution in [0.3, 0.4) is 0 Å². The van der Waals surface area contributed by atoms with E-state index in [1.807, 2.05) is 13.1 Å². The van der Waals surface area contributed by atoms with Gasteiger partial charge in [0.1, 0.15) is 0 Å². The first kappa shape index (κ1) is 17.9. The Morgan fingerprint density at radius 1 is 1.19 bits per heavy atom. The van der Waals surface area contributed by atoms with Crippen LogP contribution in [0, 0.1) is 0 Å². The molecule has 0 heterocycles. The molecule has 0 fully saturated rings. The van der Waals surface area contributed by atoms with Gasteiger partial charge in [-0.25, -0.2) is 4.79 Å². The maximum absolute atomic E-state index is 11.0.